The van der Waals surface area contributed by atoms with Crippen LogP contribution >= 0.6 is 0 Å². The summed E-state index contributed by atoms with van der Waals surface area (Å²) in [4.78, 5) is 14.8. The van der Waals surface area contributed by atoms with Gasteiger partial charge in [-0.25, -0.2) is 0 Å². The van der Waals surface area contributed by atoms with Crippen molar-refractivity contribution in [3.63, 3.8) is 0 Å². The molecule has 3 nitrogen and oxygen atoms in total. The van der Waals surface area contributed by atoms with Gasteiger partial charge in [0.15, 0.2) is 0 Å². The molecule has 76 valence electrons. The van der Waals surface area contributed by atoms with E-state index in [9.17, 15) is 4.79 Å². The number of carbonyl (C=O) groups is 1. The van der Waals surface area contributed by atoms with Crippen molar-refractivity contribution in [3.05, 3.63) is 29.6 Å². The van der Waals surface area contributed by atoms with E-state index in [1.165, 1.54) is 12.5 Å². The first-order chi connectivity index (χ1) is 6.61. The van der Waals surface area contributed by atoms with Gasteiger partial charge in [-0.1, -0.05) is 13.8 Å². The van der Waals surface area contributed by atoms with Gasteiger partial charge in [0.1, 0.15) is 0 Å². The summed E-state index contributed by atoms with van der Waals surface area (Å²) < 4.78 is 0. The van der Waals surface area contributed by atoms with Gasteiger partial charge in [-0.2, -0.15) is 0 Å². The van der Waals surface area contributed by atoms with Gasteiger partial charge < -0.3 is 5.32 Å². The lowest BCUT2D eigenvalue weighted by molar-refractivity contribution is -0.119. The predicted molar refractivity (Wildman–Crippen MR) is 55.8 cm³/mol. The molecule has 1 N–H and O–H groups in total. The lowest BCUT2D eigenvalue weighted by Gasteiger charge is -2.11. The minimum absolute atomic E-state index is 0.0106. The van der Waals surface area contributed by atoms with E-state index in [2.05, 4.69) is 24.1 Å². The van der Waals surface area contributed by atoms with Crippen LogP contribution in [0.5, 0.6) is 0 Å². The number of carbonyl (C=O) groups excluding carboxylic acids is 1. The van der Waals surface area contributed by atoms with Crippen molar-refractivity contribution < 1.29 is 4.79 Å². The molecule has 1 heterocycles. The maximum atomic E-state index is 10.8. The molecule has 0 unspecified atom stereocenters. The van der Waals surface area contributed by atoms with Crippen LogP contribution in [0, 0.1) is 0 Å². The molecule has 0 atom stereocenters. The molecular weight excluding hydrogens is 176 g/mol. The van der Waals surface area contributed by atoms with E-state index in [1.807, 2.05) is 12.3 Å². The Morgan fingerprint density at radius 2 is 2.29 bits per heavy atom. The lowest BCUT2D eigenvalue weighted by atomic mass is 9.99. The first-order valence-corrected chi connectivity index (χ1v) is 4.78. The van der Waals surface area contributed by atoms with Crippen LogP contribution in [-0.2, 0) is 11.3 Å². The summed E-state index contributed by atoms with van der Waals surface area (Å²) >= 11 is 0. The Labute approximate surface area is 84.6 Å². The highest BCUT2D eigenvalue weighted by Crippen LogP contribution is 2.17. The molecule has 0 spiro atoms. The monoisotopic (exact) mass is 192 g/mol. The molecule has 0 radical (unpaired) electrons. The zero-order valence-corrected chi connectivity index (χ0v) is 8.87. The highest BCUT2D eigenvalue weighted by Gasteiger charge is 2.05. The van der Waals surface area contributed by atoms with E-state index in [4.69, 9.17) is 0 Å². The molecule has 0 aliphatic carbocycles. The highest BCUT2D eigenvalue weighted by molar-refractivity contribution is 5.72. The summed E-state index contributed by atoms with van der Waals surface area (Å²) in [6.45, 7) is 6.35. The number of hydrogen-bond donors (Lipinski definition) is 1. The van der Waals surface area contributed by atoms with Crippen LogP contribution in [0.4, 0.5) is 0 Å². The Hall–Kier alpha value is -1.38. The Balaban J connectivity index is 2.79. The summed E-state index contributed by atoms with van der Waals surface area (Å²) in [5.74, 6) is 0.449. The molecule has 1 amide bonds. The van der Waals surface area contributed by atoms with Crippen LogP contribution in [0.15, 0.2) is 18.5 Å². The number of rotatable bonds is 3. The third kappa shape index (κ3) is 2.83. The number of pyridine rings is 1. The summed E-state index contributed by atoms with van der Waals surface area (Å²) in [7, 11) is 0. The molecule has 0 aromatic carbocycles. The van der Waals surface area contributed by atoms with Gasteiger partial charge in [0.05, 0.1) is 0 Å². The Morgan fingerprint density at radius 3 is 2.86 bits per heavy atom. The third-order valence-corrected chi connectivity index (χ3v) is 2.09. The molecule has 0 aliphatic heterocycles. The molecule has 1 aromatic rings. The topological polar surface area (TPSA) is 42.0 Å². The van der Waals surface area contributed by atoms with Crippen LogP contribution in [0.1, 0.15) is 37.8 Å². The maximum Gasteiger partial charge on any atom is 0.217 e. The van der Waals surface area contributed by atoms with Crippen LogP contribution in [0.25, 0.3) is 0 Å². The fourth-order valence-corrected chi connectivity index (χ4v) is 1.37. The minimum atomic E-state index is -0.0106. The smallest absolute Gasteiger partial charge is 0.217 e. The largest absolute Gasteiger partial charge is 0.352 e. The Morgan fingerprint density at radius 1 is 1.57 bits per heavy atom. The highest BCUT2D eigenvalue weighted by atomic mass is 16.1. The van der Waals surface area contributed by atoms with Crippen molar-refractivity contribution in [2.24, 2.45) is 0 Å². The first-order valence-electron chi connectivity index (χ1n) is 4.78. The molecule has 0 bridgehead atoms. The zero-order chi connectivity index (χ0) is 10.6. The number of nitrogens with one attached hydrogen (secondary N) is 1. The van der Waals surface area contributed by atoms with Crippen molar-refractivity contribution in [1.82, 2.24) is 10.3 Å². The lowest BCUT2D eigenvalue weighted by Crippen LogP contribution is -2.20. The summed E-state index contributed by atoms with van der Waals surface area (Å²) in [5, 5.41) is 2.78. The van der Waals surface area contributed by atoms with Gasteiger partial charge >= 0.3 is 0 Å². The molecule has 0 saturated carbocycles. The molecule has 3 heteroatoms. The number of nitrogens with zero attached hydrogens (tertiary/aromatic N) is 1. The van der Waals surface area contributed by atoms with Crippen molar-refractivity contribution >= 4 is 5.91 Å². The second-order valence-corrected chi connectivity index (χ2v) is 3.64. The maximum absolute atomic E-state index is 10.8. The molecule has 14 heavy (non-hydrogen) atoms. The number of hydrogen-bond acceptors (Lipinski definition) is 2. The molecule has 0 aliphatic rings. The van der Waals surface area contributed by atoms with Gasteiger partial charge in [-0.3, -0.25) is 9.78 Å². The predicted octanol–water partition coefficient (Wildman–Crippen LogP) is 1.84. The van der Waals surface area contributed by atoms with Gasteiger partial charge in [0, 0.05) is 25.9 Å². The molecule has 1 aromatic heterocycles. The Bertz CT molecular complexity index is 321. The number of aromatic nitrogens is 1. The van der Waals surface area contributed by atoms with E-state index in [-0.39, 0.29) is 5.91 Å². The minimum Gasteiger partial charge on any atom is -0.352 e. The number of amides is 1. The van der Waals surface area contributed by atoms with Crippen molar-refractivity contribution in [2.45, 2.75) is 33.2 Å². The fourth-order valence-electron chi connectivity index (χ4n) is 1.37. The fraction of sp³-hybridized carbons (Fsp3) is 0.455. The molecular formula is C11H16N2O. The quantitative estimate of drug-likeness (QED) is 0.794. The second-order valence-electron chi connectivity index (χ2n) is 3.64. The molecule has 1 rings (SSSR count). The summed E-state index contributed by atoms with van der Waals surface area (Å²) in [5.41, 5.74) is 2.34. The summed E-state index contributed by atoms with van der Waals surface area (Å²) in [6, 6.07) is 2.00. The van der Waals surface area contributed by atoms with Gasteiger partial charge in [0.25, 0.3) is 0 Å². The second kappa shape index (κ2) is 4.74. The van der Waals surface area contributed by atoms with Crippen molar-refractivity contribution in [2.75, 3.05) is 0 Å². The van der Waals surface area contributed by atoms with Gasteiger partial charge in [-0.05, 0) is 23.1 Å². The molecule has 0 fully saturated rings. The van der Waals surface area contributed by atoms with Crippen LogP contribution < -0.4 is 5.32 Å². The third-order valence-electron chi connectivity index (χ3n) is 2.09. The first kappa shape index (κ1) is 10.7. The van der Waals surface area contributed by atoms with Gasteiger partial charge in [-0.15, -0.1) is 0 Å². The van der Waals surface area contributed by atoms with Crippen LogP contribution in [0.3, 0.4) is 0 Å². The van der Waals surface area contributed by atoms with E-state index < -0.39 is 0 Å². The normalized spacial score (nSPS) is 10.3. The SMILES string of the molecule is CC(=O)NCc1cnccc1C(C)C. The standard InChI is InChI=1S/C11H16N2O/c1-8(2)11-4-5-12-6-10(11)7-13-9(3)14/h4-6,8H,7H2,1-3H3,(H,13,14). The van der Waals surface area contributed by atoms with E-state index in [0.717, 1.165) is 5.56 Å². The van der Waals surface area contributed by atoms with E-state index in [0.29, 0.717) is 12.5 Å². The zero-order valence-electron chi connectivity index (χ0n) is 8.87. The summed E-state index contributed by atoms with van der Waals surface area (Å²) in [6.07, 6.45) is 3.60. The van der Waals surface area contributed by atoms with Gasteiger partial charge in [0.2, 0.25) is 5.91 Å². The van der Waals surface area contributed by atoms with Crippen LogP contribution in [-0.4, -0.2) is 10.9 Å². The van der Waals surface area contributed by atoms with Crippen molar-refractivity contribution in [1.29, 1.82) is 0 Å². The van der Waals surface area contributed by atoms with Crippen molar-refractivity contribution in [3.8, 4) is 0 Å². The van der Waals surface area contributed by atoms with Crippen LogP contribution in [0.2, 0.25) is 0 Å². The Kier molecular flexibility index (Phi) is 3.63. The van der Waals surface area contributed by atoms with E-state index >= 15 is 0 Å². The van der Waals surface area contributed by atoms with E-state index in [1.54, 1.807) is 6.20 Å². The average molecular weight is 192 g/mol. The molecule has 0 saturated heterocycles. The average Bonchev–Trinajstić information content (AvgIpc) is 2.15.